The predicted molar refractivity (Wildman–Crippen MR) is 117 cm³/mol. The summed E-state index contributed by atoms with van der Waals surface area (Å²) in [6.45, 7) is 2.65. The Labute approximate surface area is 175 Å². The molecule has 0 aliphatic rings. The summed E-state index contributed by atoms with van der Waals surface area (Å²) in [5.41, 5.74) is 3.29. The van der Waals surface area contributed by atoms with Crippen molar-refractivity contribution < 1.29 is 19.0 Å². The summed E-state index contributed by atoms with van der Waals surface area (Å²) in [4.78, 5) is 14.1. The van der Waals surface area contributed by atoms with Crippen LogP contribution in [0.25, 0.3) is 10.4 Å². The molecule has 0 aliphatic heterocycles. The van der Waals surface area contributed by atoms with E-state index in [0.29, 0.717) is 28.7 Å². The maximum absolute atomic E-state index is 12.5. The van der Waals surface area contributed by atoms with Crippen LogP contribution in [-0.4, -0.2) is 33.8 Å². The van der Waals surface area contributed by atoms with E-state index in [9.17, 15) is 4.79 Å². The molecule has 5 nitrogen and oxygen atoms in total. The van der Waals surface area contributed by atoms with Gasteiger partial charge in [0.2, 0.25) is 5.75 Å². The third kappa shape index (κ3) is 4.71. The lowest BCUT2D eigenvalue weighted by Gasteiger charge is -2.14. The molecular formula is C23H25NO4S. The van der Waals surface area contributed by atoms with Crippen molar-refractivity contribution in [2.75, 3.05) is 27.9 Å². The fourth-order valence-corrected chi connectivity index (χ4v) is 4.01. The second-order valence-corrected chi connectivity index (χ2v) is 7.62. The Kier molecular flexibility index (Phi) is 6.77. The van der Waals surface area contributed by atoms with E-state index >= 15 is 0 Å². The maximum Gasteiger partial charge on any atom is 0.261 e. The highest BCUT2D eigenvalue weighted by atomic mass is 32.1. The number of aryl methyl sites for hydroxylation is 1. The molecule has 29 heavy (non-hydrogen) atoms. The maximum atomic E-state index is 12.5. The van der Waals surface area contributed by atoms with E-state index in [-0.39, 0.29) is 5.91 Å². The SMILES string of the molecule is COc1ccc(-c2ccc(C(=O)NCCc3ccc(C)cc3)s2)c(OC)c1OC. The summed E-state index contributed by atoms with van der Waals surface area (Å²) >= 11 is 1.42. The van der Waals surface area contributed by atoms with E-state index in [0.717, 1.165) is 16.9 Å². The summed E-state index contributed by atoms with van der Waals surface area (Å²) < 4.78 is 16.3. The van der Waals surface area contributed by atoms with E-state index in [1.165, 1.54) is 22.5 Å². The van der Waals surface area contributed by atoms with Crippen LogP contribution in [0.1, 0.15) is 20.8 Å². The van der Waals surface area contributed by atoms with Gasteiger partial charge >= 0.3 is 0 Å². The highest BCUT2D eigenvalue weighted by molar-refractivity contribution is 7.17. The molecule has 152 valence electrons. The van der Waals surface area contributed by atoms with Gasteiger partial charge in [-0.2, -0.15) is 0 Å². The van der Waals surface area contributed by atoms with Gasteiger partial charge in [0.05, 0.1) is 26.2 Å². The predicted octanol–water partition coefficient (Wildman–Crippen LogP) is 4.72. The van der Waals surface area contributed by atoms with Crippen LogP contribution in [0.2, 0.25) is 0 Å². The number of hydrogen-bond donors (Lipinski definition) is 1. The van der Waals surface area contributed by atoms with E-state index in [4.69, 9.17) is 14.2 Å². The first kappa shape index (κ1) is 20.7. The number of benzene rings is 2. The number of rotatable bonds is 8. The van der Waals surface area contributed by atoms with Gasteiger partial charge in [-0.15, -0.1) is 11.3 Å². The average molecular weight is 412 g/mol. The van der Waals surface area contributed by atoms with Crippen LogP contribution in [0.5, 0.6) is 17.2 Å². The zero-order valence-electron chi connectivity index (χ0n) is 17.1. The van der Waals surface area contributed by atoms with E-state index in [2.05, 4.69) is 36.5 Å². The van der Waals surface area contributed by atoms with Crippen molar-refractivity contribution in [2.24, 2.45) is 0 Å². The van der Waals surface area contributed by atoms with Crippen molar-refractivity contribution in [1.82, 2.24) is 5.32 Å². The molecule has 0 saturated carbocycles. The molecule has 0 atom stereocenters. The fourth-order valence-electron chi connectivity index (χ4n) is 3.06. The average Bonchev–Trinajstić information content (AvgIpc) is 3.24. The van der Waals surface area contributed by atoms with E-state index in [1.54, 1.807) is 21.3 Å². The zero-order valence-corrected chi connectivity index (χ0v) is 17.9. The van der Waals surface area contributed by atoms with Gasteiger partial charge < -0.3 is 19.5 Å². The monoisotopic (exact) mass is 411 g/mol. The Bertz CT molecular complexity index is 979. The van der Waals surface area contributed by atoms with Gasteiger partial charge in [0.25, 0.3) is 5.91 Å². The lowest BCUT2D eigenvalue weighted by atomic mass is 10.1. The molecule has 0 radical (unpaired) electrons. The normalized spacial score (nSPS) is 10.5. The number of ether oxygens (including phenoxy) is 3. The topological polar surface area (TPSA) is 56.8 Å². The largest absolute Gasteiger partial charge is 0.493 e. The molecular weight excluding hydrogens is 386 g/mol. The van der Waals surface area contributed by atoms with Crippen molar-refractivity contribution in [3.63, 3.8) is 0 Å². The molecule has 0 aliphatic carbocycles. The molecule has 1 amide bonds. The van der Waals surface area contributed by atoms with Gasteiger partial charge in [0.15, 0.2) is 11.5 Å². The zero-order chi connectivity index (χ0) is 20.8. The number of amides is 1. The number of thiophene rings is 1. The number of nitrogens with one attached hydrogen (secondary N) is 1. The van der Waals surface area contributed by atoms with Crippen LogP contribution < -0.4 is 19.5 Å². The van der Waals surface area contributed by atoms with Crippen molar-refractivity contribution in [1.29, 1.82) is 0 Å². The number of hydrogen-bond acceptors (Lipinski definition) is 5. The second kappa shape index (κ2) is 9.47. The third-order valence-corrected chi connectivity index (χ3v) is 5.74. The number of carbonyl (C=O) groups excluding carboxylic acids is 1. The van der Waals surface area contributed by atoms with Crippen LogP contribution in [0.4, 0.5) is 0 Å². The van der Waals surface area contributed by atoms with Gasteiger partial charge in [-0.25, -0.2) is 0 Å². The van der Waals surface area contributed by atoms with Gasteiger partial charge in [0.1, 0.15) is 0 Å². The van der Waals surface area contributed by atoms with Crippen LogP contribution >= 0.6 is 11.3 Å². The molecule has 0 unspecified atom stereocenters. The lowest BCUT2D eigenvalue weighted by Crippen LogP contribution is -2.24. The summed E-state index contributed by atoms with van der Waals surface area (Å²) in [6.07, 6.45) is 0.799. The minimum absolute atomic E-state index is 0.0761. The highest BCUT2D eigenvalue weighted by Gasteiger charge is 2.19. The summed E-state index contributed by atoms with van der Waals surface area (Å²) in [6, 6.07) is 15.8. The van der Waals surface area contributed by atoms with Gasteiger partial charge in [-0.3, -0.25) is 4.79 Å². The molecule has 6 heteroatoms. The van der Waals surface area contributed by atoms with Crippen molar-refractivity contribution in [3.05, 3.63) is 64.5 Å². The first-order valence-electron chi connectivity index (χ1n) is 9.30. The standard InChI is InChI=1S/C23H25NO4S/c1-15-5-7-16(8-6-15)13-14-24-23(25)20-12-11-19(29-20)17-9-10-18(26-2)22(28-4)21(17)27-3/h5-12H,13-14H2,1-4H3,(H,24,25). The molecule has 3 aromatic rings. The van der Waals surface area contributed by atoms with Crippen LogP contribution in [0, 0.1) is 6.92 Å². The molecule has 0 bridgehead atoms. The summed E-state index contributed by atoms with van der Waals surface area (Å²) in [7, 11) is 4.75. The Hall–Kier alpha value is -2.99. The van der Waals surface area contributed by atoms with E-state index < -0.39 is 0 Å². The van der Waals surface area contributed by atoms with Crippen LogP contribution in [0.3, 0.4) is 0 Å². The first-order valence-corrected chi connectivity index (χ1v) is 10.1. The molecule has 2 aromatic carbocycles. The number of methoxy groups -OCH3 is 3. The highest BCUT2D eigenvalue weighted by Crippen LogP contribution is 2.45. The summed E-state index contributed by atoms with van der Waals surface area (Å²) in [5.74, 6) is 1.64. The lowest BCUT2D eigenvalue weighted by molar-refractivity contribution is 0.0958. The summed E-state index contributed by atoms with van der Waals surface area (Å²) in [5, 5.41) is 2.99. The Morgan fingerprint density at radius 2 is 1.62 bits per heavy atom. The molecule has 0 spiro atoms. The molecule has 3 rings (SSSR count). The van der Waals surface area contributed by atoms with Crippen molar-refractivity contribution in [2.45, 2.75) is 13.3 Å². The van der Waals surface area contributed by atoms with Crippen LogP contribution in [0.15, 0.2) is 48.5 Å². The minimum atomic E-state index is -0.0761. The molecule has 0 saturated heterocycles. The first-order chi connectivity index (χ1) is 14.1. The minimum Gasteiger partial charge on any atom is -0.493 e. The fraction of sp³-hybridized carbons (Fsp3) is 0.261. The molecule has 1 N–H and O–H groups in total. The number of carbonyl (C=O) groups is 1. The Morgan fingerprint density at radius 3 is 2.28 bits per heavy atom. The van der Waals surface area contributed by atoms with Gasteiger partial charge in [0, 0.05) is 17.0 Å². The third-order valence-electron chi connectivity index (χ3n) is 4.62. The quantitative estimate of drug-likeness (QED) is 0.583. The van der Waals surface area contributed by atoms with Crippen molar-refractivity contribution >= 4 is 17.2 Å². The van der Waals surface area contributed by atoms with Crippen LogP contribution in [-0.2, 0) is 6.42 Å². The molecule has 1 aromatic heterocycles. The Balaban J connectivity index is 1.71. The Morgan fingerprint density at radius 1 is 0.897 bits per heavy atom. The molecule has 0 fully saturated rings. The van der Waals surface area contributed by atoms with E-state index in [1.807, 2.05) is 24.3 Å². The van der Waals surface area contributed by atoms with Crippen molar-refractivity contribution in [3.8, 4) is 27.7 Å². The second-order valence-electron chi connectivity index (χ2n) is 6.54. The van der Waals surface area contributed by atoms with Gasteiger partial charge in [-0.05, 0) is 43.2 Å². The smallest absolute Gasteiger partial charge is 0.261 e. The van der Waals surface area contributed by atoms with Gasteiger partial charge in [-0.1, -0.05) is 29.8 Å². The molecule has 1 heterocycles.